The molecule has 1 aromatic carbocycles. The lowest BCUT2D eigenvalue weighted by atomic mass is 10.2. The molecule has 2 heterocycles. The minimum atomic E-state index is 0.758. The van der Waals surface area contributed by atoms with E-state index in [1.165, 1.54) is 24.1 Å². The van der Waals surface area contributed by atoms with Crippen LogP contribution in [-0.4, -0.2) is 40.8 Å². The van der Waals surface area contributed by atoms with Crippen LogP contribution in [0.15, 0.2) is 35.3 Å². The average Bonchev–Trinajstić information content (AvgIpc) is 3.19. The maximum atomic E-state index is 4.70. The molecule has 0 bridgehead atoms. The van der Waals surface area contributed by atoms with Crippen LogP contribution >= 0.6 is 0 Å². The monoisotopic (exact) mass is 311 g/mol. The summed E-state index contributed by atoms with van der Waals surface area (Å²) < 4.78 is 2.02. The van der Waals surface area contributed by atoms with Gasteiger partial charge in [-0.05, 0) is 38.8 Å². The van der Waals surface area contributed by atoms with Crippen molar-refractivity contribution in [2.75, 3.05) is 20.1 Å². The van der Waals surface area contributed by atoms with Crippen molar-refractivity contribution in [3.05, 3.63) is 47.3 Å². The van der Waals surface area contributed by atoms with Crippen LogP contribution in [0, 0.1) is 13.8 Å². The molecule has 0 saturated carbocycles. The van der Waals surface area contributed by atoms with Crippen LogP contribution in [0.3, 0.4) is 0 Å². The molecule has 0 unspecified atom stereocenters. The standard InChI is InChI=1S/C18H25N5/c1-14-17(13-20-18(19-3)22-11-7-8-12-22)15(2)23(21-14)16-9-5-4-6-10-16/h4-6,9-10H,7-8,11-13H2,1-3H3,(H,19,20). The Labute approximate surface area is 138 Å². The molecule has 0 aliphatic carbocycles. The van der Waals surface area contributed by atoms with E-state index in [-0.39, 0.29) is 0 Å². The van der Waals surface area contributed by atoms with Gasteiger partial charge in [-0.2, -0.15) is 5.10 Å². The third kappa shape index (κ3) is 3.23. The van der Waals surface area contributed by atoms with Crippen molar-refractivity contribution in [2.24, 2.45) is 4.99 Å². The second kappa shape index (κ2) is 6.86. The lowest BCUT2D eigenvalue weighted by molar-refractivity contribution is 0.493. The van der Waals surface area contributed by atoms with E-state index in [1.54, 1.807) is 0 Å². The van der Waals surface area contributed by atoms with E-state index < -0.39 is 0 Å². The van der Waals surface area contributed by atoms with E-state index in [9.17, 15) is 0 Å². The summed E-state index contributed by atoms with van der Waals surface area (Å²) in [7, 11) is 1.85. The molecule has 1 aromatic heterocycles. The van der Waals surface area contributed by atoms with Gasteiger partial charge in [-0.1, -0.05) is 18.2 Å². The minimum Gasteiger partial charge on any atom is -0.352 e. The highest BCUT2D eigenvalue weighted by molar-refractivity contribution is 5.80. The molecule has 1 aliphatic rings. The van der Waals surface area contributed by atoms with Crippen LogP contribution in [0.1, 0.15) is 29.8 Å². The first-order valence-corrected chi connectivity index (χ1v) is 8.27. The smallest absolute Gasteiger partial charge is 0.193 e. The number of aliphatic imine (C=N–C) groups is 1. The predicted octanol–water partition coefficient (Wildman–Crippen LogP) is 2.66. The van der Waals surface area contributed by atoms with E-state index in [0.717, 1.165) is 37.0 Å². The first-order valence-electron chi connectivity index (χ1n) is 8.27. The number of nitrogens with zero attached hydrogens (tertiary/aromatic N) is 4. The molecule has 1 fully saturated rings. The summed E-state index contributed by atoms with van der Waals surface area (Å²) in [5.74, 6) is 0.994. The molecular weight excluding hydrogens is 286 g/mol. The molecule has 5 heteroatoms. The summed E-state index contributed by atoms with van der Waals surface area (Å²) in [5.41, 5.74) is 4.59. The predicted molar refractivity (Wildman–Crippen MR) is 94.0 cm³/mol. The Bertz CT molecular complexity index is 681. The van der Waals surface area contributed by atoms with Crippen molar-refractivity contribution in [1.82, 2.24) is 20.0 Å². The number of para-hydroxylation sites is 1. The molecular formula is C18H25N5. The Balaban J connectivity index is 1.77. The molecule has 0 atom stereocenters. The minimum absolute atomic E-state index is 0.758. The maximum absolute atomic E-state index is 4.70. The summed E-state index contributed by atoms with van der Waals surface area (Å²) in [5, 5.41) is 8.20. The van der Waals surface area contributed by atoms with Crippen molar-refractivity contribution in [3.63, 3.8) is 0 Å². The first kappa shape index (κ1) is 15.6. The van der Waals surface area contributed by atoms with Crippen molar-refractivity contribution in [1.29, 1.82) is 0 Å². The number of rotatable bonds is 3. The molecule has 23 heavy (non-hydrogen) atoms. The van der Waals surface area contributed by atoms with Crippen LogP contribution < -0.4 is 5.32 Å². The van der Waals surface area contributed by atoms with E-state index in [2.05, 4.69) is 41.2 Å². The zero-order valence-corrected chi connectivity index (χ0v) is 14.2. The highest BCUT2D eigenvalue weighted by Crippen LogP contribution is 2.18. The third-order valence-electron chi connectivity index (χ3n) is 4.48. The zero-order chi connectivity index (χ0) is 16.2. The summed E-state index contributed by atoms with van der Waals surface area (Å²) in [4.78, 5) is 6.74. The van der Waals surface area contributed by atoms with Crippen LogP contribution in [0.4, 0.5) is 0 Å². The van der Waals surface area contributed by atoms with Crippen molar-refractivity contribution < 1.29 is 0 Å². The molecule has 0 amide bonds. The topological polar surface area (TPSA) is 45.5 Å². The van der Waals surface area contributed by atoms with Gasteiger partial charge in [-0.3, -0.25) is 4.99 Å². The molecule has 2 aromatic rings. The Morgan fingerprint density at radius 1 is 1.17 bits per heavy atom. The Kier molecular flexibility index (Phi) is 4.65. The van der Waals surface area contributed by atoms with Gasteiger partial charge in [0.2, 0.25) is 0 Å². The largest absolute Gasteiger partial charge is 0.352 e. The van der Waals surface area contributed by atoms with Gasteiger partial charge in [-0.15, -0.1) is 0 Å². The molecule has 3 rings (SSSR count). The van der Waals surface area contributed by atoms with E-state index in [1.807, 2.05) is 29.9 Å². The van der Waals surface area contributed by atoms with Crippen LogP contribution in [0.25, 0.3) is 5.69 Å². The average molecular weight is 311 g/mol. The van der Waals surface area contributed by atoms with Gasteiger partial charge in [0.05, 0.1) is 11.4 Å². The Morgan fingerprint density at radius 3 is 2.52 bits per heavy atom. The molecule has 0 spiro atoms. The second-order valence-corrected chi connectivity index (χ2v) is 5.99. The number of hydrogen-bond donors (Lipinski definition) is 1. The Morgan fingerprint density at radius 2 is 1.87 bits per heavy atom. The molecule has 1 aliphatic heterocycles. The number of nitrogens with one attached hydrogen (secondary N) is 1. The van der Waals surface area contributed by atoms with Gasteiger partial charge >= 0.3 is 0 Å². The molecule has 1 N–H and O–H groups in total. The van der Waals surface area contributed by atoms with Crippen molar-refractivity contribution in [3.8, 4) is 5.69 Å². The van der Waals surface area contributed by atoms with Gasteiger partial charge in [0.25, 0.3) is 0 Å². The van der Waals surface area contributed by atoms with Crippen LogP contribution in [-0.2, 0) is 6.54 Å². The van der Waals surface area contributed by atoms with E-state index in [4.69, 9.17) is 5.10 Å². The van der Waals surface area contributed by atoms with E-state index in [0.29, 0.717) is 0 Å². The normalized spacial score (nSPS) is 15.3. The highest BCUT2D eigenvalue weighted by Gasteiger charge is 2.17. The van der Waals surface area contributed by atoms with Crippen molar-refractivity contribution in [2.45, 2.75) is 33.2 Å². The van der Waals surface area contributed by atoms with Gasteiger partial charge in [0, 0.05) is 37.9 Å². The summed E-state index contributed by atoms with van der Waals surface area (Å²) in [6.07, 6.45) is 2.51. The van der Waals surface area contributed by atoms with Gasteiger partial charge in [0.1, 0.15) is 0 Å². The molecule has 122 valence electrons. The molecule has 0 radical (unpaired) electrons. The number of benzene rings is 1. The summed E-state index contributed by atoms with van der Waals surface area (Å²) in [6, 6.07) is 10.3. The van der Waals surface area contributed by atoms with E-state index >= 15 is 0 Å². The zero-order valence-electron chi connectivity index (χ0n) is 14.2. The molecule has 5 nitrogen and oxygen atoms in total. The van der Waals surface area contributed by atoms with Gasteiger partial charge in [0.15, 0.2) is 5.96 Å². The second-order valence-electron chi connectivity index (χ2n) is 5.99. The van der Waals surface area contributed by atoms with Gasteiger partial charge < -0.3 is 10.2 Å². The highest BCUT2D eigenvalue weighted by atomic mass is 15.3. The fraction of sp³-hybridized carbons (Fsp3) is 0.444. The number of hydrogen-bond acceptors (Lipinski definition) is 2. The summed E-state index contributed by atoms with van der Waals surface area (Å²) >= 11 is 0. The van der Waals surface area contributed by atoms with Crippen molar-refractivity contribution >= 4 is 5.96 Å². The van der Waals surface area contributed by atoms with Crippen LogP contribution in [0.5, 0.6) is 0 Å². The summed E-state index contributed by atoms with van der Waals surface area (Å²) in [6.45, 7) is 7.15. The number of guanidine groups is 1. The lowest BCUT2D eigenvalue weighted by Crippen LogP contribution is -2.39. The fourth-order valence-corrected chi connectivity index (χ4v) is 3.18. The quantitative estimate of drug-likeness (QED) is 0.700. The molecule has 1 saturated heterocycles. The lowest BCUT2D eigenvalue weighted by Gasteiger charge is -2.20. The fourth-order valence-electron chi connectivity index (χ4n) is 3.18. The number of likely N-dealkylation sites (tertiary alicyclic amines) is 1. The third-order valence-corrected chi connectivity index (χ3v) is 4.48. The maximum Gasteiger partial charge on any atom is 0.193 e. The number of aryl methyl sites for hydroxylation is 1. The number of aromatic nitrogens is 2. The first-order chi connectivity index (χ1) is 11.2. The SMILES string of the molecule is CN=C(NCc1c(C)nn(-c2ccccc2)c1C)N1CCCC1. The van der Waals surface area contributed by atoms with Gasteiger partial charge in [-0.25, -0.2) is 4.68 Å². The Hall–Kier alpha value is -2.30. The van der Waals surface area contributed by atoms with Crippen LogP contribution in [0.2, 0.25) is 0 Å².